The molecule has 17 heavy (non-hydrogen) atoms. The zero-order chi connectivity index (χ0) is 15.0. The molecule has 1 aliphatic carbocycles. The molecule has 1 fully saturated rings. The van der Waals surface area contributed by atoms with Crippen LogP contribution in [0.1, 0.15) is 22.0 Å². The van der Waals surface area contributed by atoms with Crippen LogP contribution in [0.2, 0.25) is 0 Å². The lowest BCUT2D eigenvalue weighted by Gasteiger charge is -2.12. The fraction of sp³-hybridized carbons (Fsp3) is 0.385. The Kier molecular flexibility index (Phi) is 2.05. The maximum atomic E-state index is 12.0. The van der Waals surface area contributed by atoms with Crippen LogP contribution in [0.15, 0.2) is 30.3 Å². The van der Waals surface area contributed by atoms with Gasteiger partial charge in [-0.2, -0.15) is 0 Å². The summed E-state index contributed by atoms with van der Waals surface area (Å²) in [4.78, 5) is 23.9. The van der Waals surface area contributed by atoms with Gasteiger partial charge in [0.25, 0.3) is 0 Å². The van der Waals surface area contributed by atoms with Crippen molar-refractivity contribution >= 4 is 11.9 Å². The lowest BCUT2D eigenvalue weighted by Crippen LogP contribution is -2.30. The van der Waals surface area contributed by atoms with Crippen LogP contribution in [0.25, 0.3) is 0 Å². The third kappa shape index (κ3) is 1.69. The van der Waals surface area contributed by atoms with Gasteiger partial charge in [-0.05, 0) is 12.0 Å². The second-order valence-corrected chi connectivity index (χ2v) is 4.02. The third-order valence-corrected chi connectivity index (χ3v) is 3.17. The highest BCUT2D eigenvalue weighted by atomic mass is 16.5. The van der Waals surface area contributed by atoms with E-state index in [4.69, 9.17) is 4.11 Å². The molecule has 1 aromatic rings. The fourth-order valence-electron chi connectivity index (χ4n) is 2.16. The molecule has 2 atom stereocenters. The van der Waals surface area contributed by atoms with E-state index in [9.17, 15) is 9.59 Å². The Labute approximate surface area is 104 Å². The molecule has 4 nitrogen and oxygen atoms in total. The van der Waals surface area contributed by atoms with Gasteiger partial charge in [-0.3, -0.25) is 9.59 Å². The third-order valence-electron chi connectivity index (χ3n) is 3.17. The number of carbonyl (C=O) groups excluding carboxylic acids is 2. The van der Waals surface area contributed by atoms with Crippen molar-refractivity contribution in [3.05, 3.63) is 35.9 Å². The van der Waals surface area contributed by atoms with Crippen molar-refractivity contribution in [2.24, 2.45) is 5.41 Å². The SMILES string of the molecule is [2H]C([2H])([2H])OC(=O)[C@]1(C(=O)OC)C[C@H]1c1ccccc1. The lowest BCUT2D eigenvalue weighted by atomic mass is 9.99. The molecular formula is C13H14O4. The first-order valence-corrected chi connectivity index (χ1v) is 5.18. The van der Waals surface area contributed by atoms with Crippen molar-refractivity contribution in [1.29, 1.82) is 0 Å². The molecule has 1 aliphatic rings. The van der Waals surface area contributed by atoms with E-state index >= 15 is 0 Å². The largest absolute Gasteiger partial charge is 0.468 e. The van der Waals surface area contributed by atoms with Crippen LogP contribution in [-0.4, -0.2) is 26.1 Å². The highest BCUT2D eigenvalue weighted by molar-refractivity contribution is 6.05. The molecule has 0 saturated heterocycles. The summed E-state index contributed by atoms with van der Waals surface area (Å²) in [6.45, 7) is 0. The summed E-state index contributed by atoms with van der Waals surface area (Å²) >= 11 is 0. The van der Waals surface area contributed by atoms with Gasteiger partial charge in [-0.15, -0.1) is 0 Å². The van der Waals surface area contributed by atoms with Crippen LogP contribution in [0.4, 0.5) is 0 Å². The summed E-state index contributed by atoms with van der Waals surface area (Å²) in [5, 5.41) is 0. The molecule has 1 aromatic carbocycles. The van der Waals surface area contributed by atoms with Gasteiger partial charge in [0.1, 0.15) is 0 Å². The molecule has 1 saturated carbocycles. The molecule has 0 aromatic heterocycles. The number of methoxy groups -OCH3 is 2. The molecule has 0 amide bonds. The summed E-state index contributed by atoms with van der Waals surface area (Å²) in [7, 11) is -1.71. The van der Waals surface area contributed by atoms with Crippen LogP contribution in [0.3, 0.4) is 0 Å². The van der Waals surface area contributed by atoms with Crippen molar-refractivity contribution in [2.45, 2.75) is 12.3 Å². The van der Waals surface area contributed by atoms with Gasteiger partial charge in [0.05, 0.1) is 18.3 Å². The zero-order valence-corrected chi connectivity index (χ0v) is 9.30. The summed E-state index contributed by atoms with van der Waals surface area (Å²) in [6, 6.07) is 8.93. The first-order valence-electron chi connectivity index (χ1n) is 6.68. The summed E-state index contributed by atoms with van der Waals surface area (Å²) in [6.07, 6.45) is 0.193. The van der Waals surface area contributed by atoms with E-state index < -0.39 is 30.3 Å². The molecule has 0 heterocycles. The average Bonchev–Trinajstić information content (AvgIpc) is 3.13. The quantitative estimate of drug-likeness (QED) is 0.590. The monoisotopic (exact) mass is 237 g/mol. The number of esters is 2. The maximum Gasteiger partial charge on any atom is 0.323 e. The molecule has 0 N–H and O–H groups in total. The average molecular weight is 237 g/mol. The summed E-state index contributed by atoms with van der Waals surface area (Å²) in [5.74, 6) is -2.23. The molecule has 4 heteroatoms. The van der Waals surface area contributed by atoms with Crippen LogP contribution >= 0.6 is 0 Å². The Morgan fingerprint density at radius 1 is 1.29 bits per heavy atom. The van der Waals surface area contributed by atoms with E-state index in [1.807, 2.05) is 6.07 Å². The van der Waals surface area contributed by atoms with Crippen molar-refractivity contribution in [2.75, 3.05) is 14.1 Å². The fourth-order valence-corrected chi connectivity index (χ4v) is 2.16. The number of carbonyl (C=O) groups is 2. The summed E-state index contributed by atoms with van der Waals surface area (Å²) in [5.41, 5.74) is -0.759. The first kappa shape index (κ1) is 8.28. The van der Waals surface area contributed by atoms with Crippen LogP contribution in [0.5, 0.6) is 0 Å². The first-order chi connectivity index (χ1) is 9.31. The Balaban J connectivity index is 2.27. The number of rotatable bonds is 3. The van der Waals surface area contributed by atoms with Gasteiger partial charge < -0.3 is 9.47 Å². The minimum Gasteiger partial charge on any atom is -0.468 e. The second kappa shape index (κ2) is 4.20. The number of hydrogen-bond donors (Lipinski definition) is 0. The van der Waals surface area contributed by atoms with Gasteiger partial charge in [-0.1, -0.05) is 30.3 Å². The van der Waals surface area contributed by atoms with Gasteiger partial charge in [0.2, 0.25) is 0 Å². The van der Waals surface area contributed by atoms with Crippen molar-refractivity contribution < 1.29 is 23.2 Å². The highest BCUT2D eigenvalue weighted by Crippen LogP contribution is 2.60. The predicted molar refractivity (Wildman–Crippen MR) is 60.3 cm³/mol. The molecular weight excluding hydrogens is 220 g/mol. The Morgan fingerprint density at radius 3 is 2.53 bits per heavy atom. The van der Waals surface area contributed by atoms with E-state index in [0.29, 0.717) is 0 Å². The van der Waals surface area contributed by atoms with E-state index in [1.165, 1.54) is 0 Å². The number of hydrogen-bond acceptors (Lipinski definition) is 4. The van der Waals surface area contributed by atoms with Gasteiger partial charge >= 0.3 is 11.9 Å². The second-order valence-electron chi connectivity index (χ2n) is 4.02. The van der Waals surface area contributed by atoms with Crippen LogP contribution < -0.4 is 0 Å². The van der Waals surface area contributed by atoms with Crippen LogP contribution in [0, 0.1) is 5.41 Å². The van der Waals surface area contributed by atoms with Gasteiger partial charge in [0, 0.05) is 5.92 Å². The Bertz CT molecular complexity index is 526. The predicted octanol–water partition coefficient (Wildman–Crippen LogP) is 1.51. The van der Waals surface area contributed by atoms with E-state index in [-0.39, 0.29) is 6.42 Å². The van der Waals surface area contributed by atoms with Gasteiger partial charge in [-0.25, -0.2) is 0 Å². The Hall–Kier alpha value is -1.84. The molecule has 0 radical (unpaired) electrons. The minimum absolute atomic E-state index is 0.193. The zero-order valence-electron chi connectivity index (χ0n) is 12.3. The van der Waals surface area contributed by atoms with Gasteiger partial charge in [0.15, 0.2) is 5.41 Å². The van der Waals surface area contributed by atoms with E-state index in [0.717, 1.165) is 12.7 Å². The van der Waals surface area contributed by atoms with Crippen molar-refractivity contribution in [3.63, 3.8) is 0 Å². The minimum atomic E-state index is -2.87. The van der Waals surface area contributed by atoms with E-state index in [2.05, 4.69) is 9.47 Å². The smallest absolute Gasteiger partial charge is 0.323 e. The highest BCUT2D eigenvalue weighted by Gasteiger charge is 2.68. The topological polar surface area (TPSA) is 52.6 Å². The molecule has 0 spiro atoms. The number of ether oxygens (including phenoxy) is 2. The molecule has 0 bridgehead atoms. The van der Waals surface area contributed by atoms with E-state index in [1.54, 1.807) is 24.3 Å². The van der Waals surface area contributed by atoms with Crippen molar-refractivity contribution in [3.8, 4) is 0 Å². The standard InChI is InChI=1S/C13H14O4/c1-16-11(14)13(12(15)17-2)8-10(13)9-6-4-3-5-7-9/h3-7,10H,8H2,1-2H3/t10-/m0/s1/i1D3/t10-,13-. The normalized spacial score (nSPS) is 29.5. The molecule has 90 valence electrons. The maximum absolute atomic E-state index is 12.0. The lowest BCUT2D eigenvalue weighted by molar-refractivity contribution is -0.161. The summed E-state index contributed by atoms with van der Waals surface area (Å²) < 4.78 is 30.0. The molecule has 0 unspecified atom stereocenters. The Morgan fingerprint density at radius 2 is 1.94 bits per heavy atom. The van der Waals surface area contributed by atoms with Crippen LogP contribution in [-0.2, 0) is 19.1 Å². The molecule has 2 rings (SSSR count). The van der Waals surface area contributed by atoms with Crippen molar-refractivity contribution in [1.82, 2.24) is 0 Å². The number of benzene rings is 1. The molecule has 0 aliphatic heterocycles.